The summed E-state index contributed by atoms with van der Waals surface area (Å²) < 4.78 is 0.984. The summed E-state index contributed by atoms with van der Waals surface area (Å²) in [4.78, 5) is 12.8. The molecular weight excluding hydrogens is 336 g/mol. The first kappa shape index (κ1) is 14.3. The van der Waals surface area contributed by atoms with Gasteiger partial charge in [0.15, 0.2) is 0 Å². The largest absolute Gasteiger partial charge is 0.348 e. The standard InChI is InChI=1S/C12H15BrN2OS.ClH/c13-7-3-11(17-6-7)12(16)15-10-4-8-1-2-9(5-10)14-8;/h3,6,8-10,14H,1-2,4-5H2,(H,15,16);1H. The lowest BCUT2D eigenvalue weighted by Gasteiger charge is -2.29. The fraction of sp³-hybridized carbons (Fsp3) is 0.583. The molecule has 0 saturated carbocycles. The second kappa shape index (κ2) is 5.90. The second-order valence-corrected chi connectivity index (χ2v) is 6.74. The fourth-order valence-corrected chi connectivity index (χ4v) is 4.19. The lowest BCUT2D eigenvalue weighted by Crippen LogP contribution is -2.47. The van der Waals surface area contributed by atoms with Gasteiger partial charge in [0.2, 0.25) is 0 Å². The van der Waals surface area contributed by atoms with Gasteiger partial charge in [0.25, 0.3) is 5.91 Å². The topological polar surface area (TPSA) is 41.1 Å². The lowest BCUT2D eigenvalue weighted by atomic mass is 10.00. The van der Waals surface area contributed by atoms with Gasteiger partial charge in [-0.05, 0) is 47.7 Å². The molecule has 0 aliphatic carbocycles. The van der Waals surface area contributed by atoms with Crippen molar-refractivity contribution in [3.8, 4) is 0 Å². The molecule has 3 heterocycles. The van der Waals surface area contributed by atoms with Gasteiger partial charge in [-0.15, -0.1) is 23.7 Å². The molecule has 3 rings (SSSR count). The minimum atomic E-state index is 0. The van der Waals surface area contributed by atoms with Crippen LogP contribution in [0.15, 0.2) is 15.9 Å². The molecule has 3 nitrogen and oxygen atoms in total. The van der Waals surface area contributed by atoms with E-state index in [4.69, 9.17) is 0 Å². The molecule has 1 aromatic heterocycles. The maximum absolute atomic E-state index is 12.0. The summed E-state index contributed by atoms with van der Waals surface area (Å²) in [7, 11) is 0. The number of nitrogens with one attached hydrogen (secondary N) is 2. The average molecular weight is 352 g/mol. The number of piperidine rings is 1. The quantitative estimate of drug-likeness (QED) is 0.860. The molecule has 2 unspecified atom stereocenters. The molecule has 0 radical (unpaired) electrons. The maximum atomic E-state index is 12.0. The van der Waals surface area contributed by atoms with Crippen LogP contribution in [0.3, 0.4) is 0 Å². The first-order valence-corrected chi connectivity index (χ1v) is 7.69. The molecule has 2 saturated heterocycles. The monoisotopic (exact) mass is 350 g/mol. The van der Waals surface area contributed by atoms with Crippen LogP contribution in [-0.2, 0) is 0 Å². The van der Waals surface area contributed by atoms with Gasteiger partial charge in [-0.3, -0.25) is 4.79 Å². The molecule has 2 fully saturated rings. The van der Waals surface area contributed by atoms with Gasteiger partial charge in [-0.2, -0.15) is 0 Å². The van der Waals surface area contributed by atoms with Crippen molar-refractivity contribution in [3.63, 3.8) is 0 Å². The number of amides is 1. The highest BCUT2D eigenvalue weighted by molar-refractivity contribution is 9.10. The summed E-state index contributed by atoms with van der Waals surface area (Å²) in [6.07, 6.45) is 4.69. The highest BCUT2D eigenvalue weighted by Crippen LogP contribution is 2.27. The van der Waals surface area contributed by atoms with Crippen molar-refractivity contribution in [2.45, 2.75) is 43.8 Å². The van der Waals surface area contributed by atoms with Crippen molar-refractivity contribution in [3.05, 3.63) is 20.8 Å². The lowest BCUT2D eigenvalue weighted by molar-refractivity contribution is 0.0928. The molecule has 0 spiro atoms. The highest BCUT2D eigenvalue weighted by atomic mass is 79.9. The number of carbonyl (C=O) groups excluding carboxylic acids is 1. The number of rotatable bonds is 2. The Labute approximate surface area is 125 Å². The summed E-state index contributed by atoms with van der Waals surface area (Å²) in [5.41, 5.74) is 0. The van der Waals surface area contributed by atoms with Gasteiger partial charge in [-0.1, -0.05) is 0 Å². The normalized spacial score (nSPS) is 29.7. The highest BCUT2D eigenvalue weighted by Gasteiger charge is 2.34. The zero-order chi connectivity index (χ0) is 11.8. The van der Waals surface area contributed by atoms with E-state index in [2.05, 4.69) is 26.6 Å². The first-order chi connectivity index (χ1) is 8.20. The van der Waals surface area contributed by atoms with Crippen molar-refractivity contribution in [2.24, 2.45) is 0 Å². The number of fused-ring (bicyclic) bond motifs is 2. The Hall–Kier alpha value is -0.100. The van der Waals surface area contributed by atoms with Crippen LogP contribution in [0.5, 0.6) is 0 Å². The van der Waals surface area contributed by atoms with E-state index in [-0.39, 0.29) is 18.3 Å². The van der Waals surface area contributed by atoms with E-state index in [0.717, 1.165) is 22.2 Å². The summed E-state index contributed by atoms with van der Waals surface area (Å²) in [5.74, 6) is 0.0759. The van der Waals surface area contributed by atoms with E-state index < -0.39 is 0 Å². The van der Waals surface area contributed by atoms with Gasteiger partial charge >= 0.3 is 0 Å². The molecule has 6 heteroatoms. The van der Waals surface area contributed by atoms with Crippen LogP contribution >= 0.6 is 39.7 Å². The Morgan fingerprint density at radius 2 is 2.06 bits per heavy atom. The number of carbonyl (C=O) groups is 1. The number of hydrogen-bond donors (Lipinski definition) is 2. The van der Waals surface area contributed by atoms with Crippen LogP contribution in [0.1, 0.15) is 35.4 Å². The average Bonchev–Trinajstić information content (AvgIpc) is 2.85. The Morgan fingerprint density at radius 3 is 2.61 bits per heavy atom. The Kier molecular flexibility index (Phi) is 4.69. The second-order valence-electron chi connectivity index (χ2n) is 4.91. The Morgan fingerprint density at radius 1 is 1.39 bits per heavy atom. The molecule has 0 aromatic carbocycles. The molecule has 2 atom stereocenters. The fourth-order valence-electron chi connectivity index (χ4n) is 2.86. The van der Waals surface area contributed by atoms with Crippen LogP contribution in [0.2, 0.25) is 0 Å². The van der Waals surface area contributed by atoms with Crippen LogP contribution in [0.4, 0.5) is 0 Å². The van der Waals surface area contributed by atoms with Crippen LogP contribution in [0.25, 0.3) is 0 Å². The molecule has 100 valence electrons. The first-order valence-electron chi connectivity index (χ1n) is 6.01. The molecule has 2 aliphatic rings. The van der Waals surface area contributed by atoms with Crippen molar-refractivity contribution >= 4 is 45.6 Å². The third-order valence-corrected chi connectivity index (χ3v) is 5.29. The minimum Gasteiger partial charge on any atom is -0.348 e. The van der Waals surface area contributed by atoms with E-state index in [1.807, 2.05) is 11.4 Å². The third kappa shape index (κ3) is 3.07. The van der Waals surface area contributed by atoms with Crippen molar-refractivity contribution in [2.75, 3.05) is 0 Å². The molecule has 2 bridgehead atoms. The SMILES string of the molecule is Cl.O=C(NC1CC2CCC(C1)N2)c1cc(Br)cs1. The summed E-state index contributed by atoms with van der Waals surface area (Å²) >= 11 is 4.86. The molecular formula is C12H16BrClN2OS. The van der Waals surface area contributed by atoms with Gasteiger partial charge < -0.3 is 10.6 Å². The number of thiophene rings is 1. The predicted molar refractivity (Wildman–Crippen MR) is 79.7 cm³/mol. The van der Waals surface area contributed by atoms with Crippen molar-refractivity contribution in [1.82, 2.24) is 10.6 Å². The van der Waals surface area contributed by atoms with Crippen LogP contribution in [0, 0.1) is 0 Å². The van der Waals surface area contributed by atoms with E-state index in [1.165, 1.54) is 24.2 Å². The van der Waals surface area contributed by atoms with Gasteiger partial charge in [0.05, 0.1) is 4.88 Å². The predicted octanol–water partition coefficient (Wildman–Crippen LogP) is 2.95. The summed E-state index contributed by atoms with van der Waals surface area (Å²) in [6, 6.07) is 3.47. The zero-order valence-corrected chi connectivity index (χ0v) is 13.0. The molecule has 2 aliphatic heterocycles. The van der Waals surface area contributed by atoms with E-state index in [0.29, 0.717) is 18.1 Å². The van der Waals surface area contributed by atoms with Crippen LogP contribution in [-0.4, -0.2) is 24.0 Å². The third-order valence-electron chi connectivity index (χ3n) is 3.60. The number of hydrogen-bond acceptors (Lipinski definition) is 3. The van der Waals surface area contributed by atoms with E-state index >= 15 is 0 Å². The minimum absolute atomic E-state index is 0. The van der Waals surface area contributed by atoms with Gasteiger partial charge in [0, 0.05) is 28.0 Å². The maximum Gasteiger partial charge on any atom is 0.261 e. The van der Waals surface area contributed by atoms with Crippen LogP contribution < -0.4 is 10.6 Å². The van der Waals surface area contributed by atoms with Gasteiger partial charge in [0.1, 0.15) is 0 Å². The van der Waals surface area contributed by atoms with Crippen molar-refractivity contribution in [1.29, 1.82) is 0 Å². The zero-order valence-electron chi connectivity index (χ0n) is 9.82. The molecule has 2 N–H and O–H groups in total. The smallest absolute Gasteiger partial charge is 0.261 e. The molecule has 18 heavy (non-hydrogen) atoms. The number of halogens is 2. The summed E-state index contributed by atoms with van der Waals surface area (Å²) in [5, 5.41) is 8.69. The Balaban J connectivity index is 0.00000120. The van der Waals surface area contributed by atoms with Gasteiger partial charge in [-0.25, -0.2) is 0 Å². The summed E-state index contributed by atoms with van der Waals surface area (Å²) in [6.45, 7) is 0. The van der Waals surface area contributed by atoms with E-state index in [1.54, 1.807) is 0 Å². The van der Waals surface area contributed by atoms with E-state index in [9.17, 15) is 4.79 Å². The van der Waals surface area contributed by atoms with Crippen molar-refractivity contribution < 1.29 is 4.79 Å². The molecule has 1 aromatic rings. The Bertz CT molecular complexity index is 427. The molecule has 1 amide bonds.